The van der Waals surface area contributed by atoms with Gasteiger partial charge in [-0.15, -0.1) is 0 Å². The van der Waals surface area contributed by atoms with Crippen molar-refractivity contribution in [3.8, 4) is 0 Å². The number of hydrogen-bond acceptors (Lipinski definition) is 1. The van der Waals surface area contributed by atoms with Crippen LogP contribution in [0.15, 0.2) is 30.6 Å². The zero-order chi connectivity index (χ0) is 5.11. The maximum atomic E-state index is 2.00. The third-order valence-corrected chi connectivity index (χ3v) is 0.865. The summed E-state index contributed by atoms with van der Waals surface area (Å²) in [6.45, 7) is 0. The lowest BCUT2D eigenvalue weighted by Crippen LogP contribution is -2.25. The summed E-state index contributed by atoms with van der Waals surface area (Å²) >= 11 is 0. The molecule has 8 heavy (non-hydrogen) atoms. The molecule has 0 spiro atoms. The molecule has 0 aromatic carbocycles. The molecule has 0 bridgehead atoms. The van der Waals surface area contributed by atoms with Crippen LogP contribution in [-0.2, 0) is 20.5 Å². The van der Waals surface area contributed by atoms with Gasteiger partial charge in [-0.05, 0) is 0 Å². The van der Waals surface area contributed by atoms with Gasteiger partial charge in [0.05, 0.1) is 0 Å². The largest absolute Gasteiger partial charge is 0.813 e. The molecule has 0 saturated carbocycles. The summed E-state index contributed by atoms with van der Waals surface area (Å²) < 4.78 is 2.00. The first kappa shape index (κ1) is 7.50. The summed E-state index contributed by atoms with van der Waals surface area (Å²) in [5.41, 5.74) is 0. The maximum absolute atomic E-state index is 2.00. The van der Waals surface area contributed by atoms with E-state index in [9.17, 15) is 0 Å². The molecule has 1 rings (SSSR count). The molecule has 0 aliphatic rings. The number of thiol groups is 1. The topological polar surface area (TPSA) is 3.88 Å². The average Bonchev–Trinajstić information content (AvgIpc) is 1.69. The molecule has 0 aliphatic heterocycles. The van der Waals surface area contributed by atoms with E-state index in [1.807, 2.05) is 42.2 Å². The summed E-state index contributed by atoms with van der Waals surface area (Å²) in [7, 11) is 2.00. The van der Waals surface area contributed by atoms with Crippen molar-refractivity contribution in [1.29, 1.82) is 0 Å². The highest BCUT2D eigenvalue weighted by Crippen LogP contribution is 1.71. The van der Waals surface area contributed by atoms with E-state index < -0.39 is 0 Å². The minimum atomic E-state index is 0. The van der Waals surface area contributed by atoms with E-state index in [1.165, 1.54) is 0 Å². The summed E-state index contributed by atoms with van der Waals surface area (Å²) in [4.78, 5) is 0. The van der Waals surface area contributed by atoms with Crippen molar-refractivity contribution in [2.45, 2.75) is 0 Å². The number of aryl methyl sites for hydroxylation is 1. The Morgan fingerprint density at radius 2 is 1.50 bits per heavy atom. The van der Waals surface area contributed by atoms with Crippen LogP contribution in [-0.4, -0.2) is 0 Å². The molecule has 1 nitrogen and oxygen atoms in total. The Morgan fingerprint density at radius 3 is 1.75 bits per heavy atom. The first-order valence-electron chi connectivity index (χ1n) is 2.30. The minimum Gasteiger partial charge on any atom is -0.813 e. The van der Waals surface area contributed by atoms with Crippen molar-refractivity contribution in [2.75, 3.05) is 0 Å². The highest BCUT2D eigenvalue weighted by molar-refractivity contribution is 7.37. The fourth-order valence-corrected chi connectivity index (χ4v) is 0.485. The summed E-state index contributed by atoms with van der Waals surface area (Å²) in [6, 6.07) is 6.00. The number of pyridine rings is 1. The van der Waals surface area contributed by atoms with Crippen LogP contribution < -0.4 is 4.57 Å². The Labute approximate surface area is 56.4 Å². The van der Waals surface area contributed by atoms with Gasteiger partial charge in [0.25, 0.3) is 0 Å². The van der Waals surface area contributed by atoms with Gasteiger partial charge in [-0.2, -0.15) is 0 Å². The van der Waals surface area contributed by atoms with E-state index in [4.69, 9.17) is 0 Å². The predicted molar refractivity (Wildman–Crippen MR) is 36.4 cm³/mol. The van der Waals surface area contributed by atoms with Gasteiger partial charge in [0.15, 0.2) is 12.4 Å². The molecule has 0 unspecified atom stereocenters. The monoisotopic (exact) mass is 127 g/mol. The van der Waals surface area contributed by atoms with Crippen LogP contribution in [0.4, 0.5) is 0 Å². The van der Waals surface area contributed by atoms with Crippen molar-refractivity contribution in [3.05, 3.63) is 30.6 Å². The van der Waals surface area contributed by atoms with Crippen LogP contribution >= 0.6 is 0 Å². The van der Waals surface area contributed by atoms with E-state index >= 15 is 0 Å². The van der Waals surface area contributed by atoms with Crippen LogP contribution in [0.25, 0.3) is 0 Å². The van der Waals surface area contributed by atoms with Crippen molar-refractivity contribution in [1.82, 2.24) is 0 Å². The van der Waals surface area contributed by atoms with Gasteiger partial charge in [0, 0.05) is 12.1 Å². The Morgan fingerprint density at radius 1 is 1.00 bits per heavy atom. The molecule has 0 radical (unpaired) electrons. The molecule has 0 fully saturated rings. The van der Waals surface area contributed by atoms with Gasteiger partial charge in [-0.25, -0.2) is 4.57 Å². The zero-order valence-electron chi connectivity index (χ0n) is 4.78. The molecule has 0 aliphatic carbocycles. The van der Waals surface area contributed by atoms with Gasteiger partial charge in [-0.1, -0.05) is 6.07 Å². The molecule has 1 heterocycles. The van der Waals surface area contributed by atoms with Crippen molar-refractivity contribution in [2.24, 2.45) is 7.05 Å². The Kier molecular flexibility index (Phi) is 3.28. The highest BCUT2D eigenvalue weighted by atomic mass is 32.1. The molecular weight excluding hydrogens is 118 g/mol. The number of nitrogens with zero attached hydrogens (tertiary/aromatic N) is 1. The molecule has 0 amide bonds. The van der Waals surface area contributed by atoms with E-state index in [-0.39, 0.29) is 13.5 Å². The van der Waals surface area contributed by atoms with E-state index in [0.717, 1.165) is 0 Å². The predicted octanol–water partition coefficient (Wildman–Crippen LogP) is 0.241. The SMILES string of the molecule is C[n+]1ccccc1.[SH-]. The van der Waals surface area contributed by atoms with E-state index in [2.05, 4.69) is 0 Å². The number of rotatable bonds is 0. The second-order valence-corrected chi connectivity index (χ2v) is 1.54. The van der Waals surface area contributed by atoms with Gasteiger partial charge < -0.3 is 13.5 Å². The molecule has 0 N–H and O–H groups in total. The van der Waals surface area contributed by atoms with Gasteiger partial charge in [0.1, 0.15) is 7.05 Å². The summed E-state index contributed by atoms with van der Waals surface area (Å²) in [5.74, 6) is 0. The fraction of sp³-hybridized carbons (Fsp3) is 0.167. The van der Waals surface area contributed by atoms with Crippen LogP contribution in [0.1, 0.15) is 0 Å². The maximum Gasteiger partial charge on any atom is 0.168 e. The number of hydrogen-bond donors (Lipinski definition) is 0. The molecule has 1 aromatic rings. The lowest BCUT2D eigenvalue weighted by molar-refractivity contribution is -0.671. The lowest BCUT2D eigenvalue weighted by Gasteiger charge is -1.77. The van der Waals surface area contributed by atoms with Crippen LogP contribution in [0.2, 0.25) is 0 Å². The zero-order valence-corrected chi connectivity index (χ0v) is 5.68. The molecule has 2 heteroatoms. The van der Waals surface area contributed by atoms with Crippen LogP contribution in [0.5, 0.6) is 0 Å². The Hall–Kier alpha value is -0.500. The lowest BCUT2D eigenvalue weighted by atomic mass is 10.5. The molecule has 0 saturated heterocycles. The summed E-state index contributed by atoms with van der Waals surface area (Å²) in [5, 5.41) is 0. The molecule has 44 valence electrons. The van der Waals surface area contributed by atoms with E-state index in [1.54, 1.807) is 0 Å². The highest BCUT2D eigenvalue weighted by Gasteiger charge is 1.78. The normalized spacial score (nSPS) is 7.62. The second kappa shape index (κ2) is 3.50. The van der Waals surface area contributed by atoms with Crippen molar-refractivity contribution >= 4 is 13.5 Å². The Bertz CT molecular complexity index is 138. The van der Waals surface area contributed by atoms with Crippen LogP contribution in [0.3, 0.4) is 0 Å². The molecule has 0 atom stereocenters. The third-order valence-electron chi connectivity index (χ3n) is 0.865. The number of aromatic nitrogens is 1. The molecule has 1 aromatic heterocycles. The Balaban J connectivity index is 0.000000490. The smallest absolute Gasteiger partial charge is 0.168 e. The first-order valence-corrected chi connectivity index (χ1v) is 2.30. The quantitative estimate of drug-likeness (QED) is 0.274. The van der Waals surface area contributed by atoms with E-state index in [0.29, 0.717) is 0 Å². The third kappa shape index (κ3) is 1.98. The van der Waals surface area contributed by atoms with Gasteiger partial charge in [-0.3, -0.25) is 0 Å². The van der Waals surface area contributed by atoms with Gasteiger partial charge in [0.2, 0.25) is 0 Å². The minimum absolute atomic E-state index is 0. The molecular formula is C6H9NS. The van der Waals surface area contributed by atoms with Crippen molar-refractivity contribution < 1.29 is 4.57 Å². The average molecular weight is 127 g/mol. The first-order chi connectivity index (χ1) is 3.39. The van der Waals surface area contributed by atoms with Gasteiger partial charge >= 0.3 is 0 Å². The second-order valence-electron chi connectivity index (χ2n) is 1.54. The van der Waals surface area contributed by atoms with Crippen LogP contribution in [0, 0.1) is 0 Å². The van der Waals surface area contributed by atoms with Crippen molar-refractivity contribution in [3.63, 3.8) is 0 Å². The fourth-order valence-electron chi connectivity index (χ4n) is 0.485. The standard InChI is InChI=1S/C6H8N.H2S/c1-7-5-3-2-4-6-7;/h2-6H,1H3;1H2/q+1;/p-1. The summed E-state index contributed by atoms with van der Waals surface area (Å²) in [6.07, 6.45) is 4.00.